The van der Waals surface area contributed by atoms with Gasteiger partial charge in [-0.3, -0.25) is 4.90 Å². The number of piperidine rings is 1. The first-order chi connectivity index (χ1) is 15.2. The molecule has 1 aromatic rings. The molecule has 1 atom stereocenters. The first kappa shape index (κ1) is 22.4. The summed E-state index contributed by atoms with van der Waals surface area (Å²) in [7, 11) is 0. The molecule has 0 saturated carbocycles. The molecule has 172 valence electrons. The molecule has 0 radical (unpaired) electrons. The van der Waals surface area contributed by atoms with Gasteiger partial charge in [0.2, 0.25) is 5.95 Å². The van der Waals surface area contributed by atoms with Gasteiger partial charge < -0.3 is 29.9 Å². The van der Waals surface area contributed by atoms with Gasteiger partial charge >= 0.3 is 0 Å². The smallest absolute Gasteiger partial charge is 0.232 e. The lowest BCUT2D eigenvalue weighted by atomic mass is 10.0. The summed E-state index contributed by atoms with van der Waals surface area (Å²) < 4.78 is 10.9. The van der Waals surface area contributed by atoms with E-state index in [0.717, 1.165) is 83.9 Å². The third-order valence-corrected chi connectivity index (χ3v) is 6.42. The maximum absolute atomic E-state index is 5.53. The summed E-state index contributed by atoms with van der Waals surface area (Å²) in [5, 5.41) is 7.08. The predicted molar refractivity (Wildman–Crippen MR) is 127 cm³/mol. The fraction of sp³-hybridized carbons (Fsp3) is 0.762. The van der Waals surface area contributed by atoms with Crippen molar-refractivity contribution in [3.05, 3.63) is 6.07 Å². The SMILES string of the molecule is C[C@H]1CCCCN1c1cc(N2CCOCC2)nc(NC(=S)NCCN2CCOCC2)n1. The zero-order chi connectivity index (χ0) is 21.5. The highest BCUT2D eigenvalue weighted by atomic mass is 32.1. The third-order valence-electron chi connectivity index (χ3n) is 6.17. The average Bonchev–Trinajstić information content (AvgIpc) is 2.80. The predicted octanol–water partition coefficient (Wildman–Crippen LogP) is 1.31. The summed E-state index contributed by atoms with van der Waals surface area (Å²) in [6.45, 7) is 11.7. The average molecular weight is 450 g/mol. The van der Waals surface area contributed by atoms with E-state index in [1.54, 1.807) is 0 Å². The minimum Gasteiger partial charge on any atom is -0.379 e. The van der Waals surface area contributed by atoms with E-state index in [-0.39, 0.29) is 0 Å². The molecule has 9 nitrogen and oxygen atoms in total. The lowest BCUT2D eigenvalue weighted by Gasteiger charge is -2.35. The Bertz CT molecular complexity index is 726. The number of nitrogens with zero attached hydrogens (tertiary/aromatic N) is 5. The van der Waals surface area contributed by atoms with Gasteiger partial charge in [-0.15, -0.1) is 0 Å². The van der Waals surface area contributed by atoms with Crippen molar-refractivity contribution >= 4 is 34.9 Å². The van der Waals surface area contributed by atoms with Crippen LogP contribution in [0.4, 0.5) is 17.6 Å². The van der Waals surface area contributed by atoms with Gasteiger partial charge in [0, 0.05) is 57.9 Å². The highest BCUT2D eigenvalue weighted by molar-refractivity contribution is 7.80. The second-order valence-corrected chi connectivity index (χ2v) is 8.79. The number of rotatable bonds is 6. The Morgan fingerprint density at radius 1 is 1.03 bits per heavy atom. The van der Waals surface area contributed by atoms with Gasteiger partial charge in [0.25, 0.3) is 0 Å². The number of hydrogen-bond donors (Lipinski definition) is 2. The van der Waals surface area contributed by atoms with E-state index in [2.05, 4.69) is 38.3 Å². The summed E-state index contributed by atoms with van der Waals surface area (Å²) in [5.41, 5.74) is 0. The van der Waals surface area contributed by atoms with Crippen LogP contribution in [-0.2, 0) is 9.47 Å². The molecule has 0 aromatic carbocycles. The molecule has 0 aliphatic carbocycles. The standard InChI is InChI=1S/C21H35N7O2S/c1-17-4-2-3-6-28(17)19-16-18(27-10-14-30-15-11-27)23-20(24-19)25-21(31)22-5-7-26-8-12-29-13-9-26/h16-17H,2-15H2,1H3,(H2,22,23,24,25,31)/t17-/m0/s1. The van der Waals surface area contributed by atoms with Gasteiger partial charge in [-0.25, -0.2) is 0 Å². The van der Waals surface area contributed by atoms with Crippen molar-refractivity contribution in [1.29, 1.82) is 0 Å². The summed E-state index contributed by atoms with van der Waals surface area (Å²) >= 11 is 5.53. The van der Waals surface area contributed by atoms with E-state index in [1.807, 2.05) is 0 Å². The molecule has 2 N–H and O–H groups in total. The van der Waals surface area contributed by atoms with Gasteiger partial charge in [0.05, 0.1) is 26.4 Å². The van der Waals surface area contributed by atoms with Gasteiger partial charge in [0.1, 0.15) is 11.6 Å². The Hall–Kier alpha value is -1.75. The van der Waals surface area contributed by atoms with E-state index in [1.165, 1.54) is 19.3 Å². The molecule has 3 saturated heterocycles. The second kappa shape index (κ2) is 11.2. The van der Waals surface area contributed by atoms with Gasteiger partial charge in [-0.2, -0.15) is 9.97 Å². The molecule has 0 spiro atoms. The fourth-order valence-electron chi connectivity index (χ4n) is 4.32. The summed E-state index contributed by atoms with van der Waals surface area (Å²) in [6.07, 6.45) is 3.67. The van der Waals surface area contributed by atoms with Crippen LogP contribution in [0.5, 0.6) is 0 Å². The number of nitrogens with one attached hydrogen (secondary N) is 2. The largest absolute Gasteiger partial charge is 0.379 e. The van der Waals surface area contributed by atoms with Crippen LogP contribution < -0.4 is 20.4 Å². The van der Waals surface area contributed by atoms with Gasteiger partial charge in [0.15, 0.2) is 5.11 Å². The molecule has 3 aliphatic rings. The minimum atomic E-state index is 0.479. The Kier molecular flexibility index (Phi) is 8.12. The van der Waals surface area contributed by atoms with E-state index in [9.17, 15) is 0 Å². The second-order valence-electron chi connectivity index (χ2n) is 8.38. The Labute approximate surface area is 190 Å². The molecule has 10 heteroatoms. The van der Waals surface area contributed by atoms with Crippen molar-refractivity contribution in [2.45, 2.75) is 32.2 Å². The maximum Gasteiger partial charge on any atom is 0.232 e. The van der Waals surface area contributed by atoms with Crippen LogP contribution in [0, 0.1) is 0 Å². The normalized spacial score (nSPS) is 22.9. The first-order valence-electron chi connectivity index (χ1n) is 11.5. The molecule has 3 aliphatic heterocycles. The van der Waals surface area contributed by atoms with Crippen molar-refractivity contribution in [1.82, 2.24) is 20.2 Å². The maximum atomic E-state index is 5.53. The van der Waals surface area contributed by atoms with Crippen molar-refractivity contribution in [3.8, 4) is 0 Å². The summed E-state index contributed by atoms with van der Waals surface area (Å²) in [5.74, 6) is 2.47. The zero-order valence-corrected chi connectivity index (χ0v) is 19.3. The first-order valence-corrected chi connectivity index (χ1v) is 11.9. The highest BCUT2D eigenvalue weighted by Gasteiger charge is 2.23. The van der Waals surface area contributed by atoms with E-state index in [4.69, 9.17) is 31.7 Å². The van der Waals surface area contributed by atoms with Crippen molar-refractivity contribution in [3.63, 3.8) is 0 Å². The lowest BCUT2D eigenvalue weighted by Crippen LogP contribution is -2.42. The van der Waals surface area contributed by atoms with E-state index < -0.39 is 0 Å². The Morgan fingerprint density at radius 3 is 2.48 bits per heavy atom. The molecule has 1 aromatic heterocycles. The minimum absolute atomic E-state index is 0.479. The van der Waals surface area contributed by atoms with Crippen LogP contribution in [0.3, 0.4) is 0 Å². The van der Waals surface area contributed by atoms with E-state index >= 15 is 0 Å². The van der Waals surface area contributed by atoms with E-state index in [0.29, 0.717) is 17.1 Å². The topological polar surface area (TPSA) is 78.0 Å². The molecular formula is C21H35N7O2S. The van der Waals surface area contributed by atoms with Crippen molar-refractivity contribution in [2.24, 2.45) is 0 Å². The third kappa shape index (κ3) is 6.38. The molecule has 4 heterocycles. The fourth-order valence-corrected chi connectivity index (χ4v) is 4.51. The van der Waals surface area contributed by atoms with Crippen LogP contribution in [0.1, 0.15) is 26.2 Å². The molecule has 0 unspecified atom stereocenters. The molecule has 4 rings (SSSR count). The monoisotopic (exact) mass is 449 g/mol. The summed E-state index contributed by atoms with van der Waals surface area (Å²) in [4.78, 5) is 16.7. The van der Waals surface area contributed by atoms with Crippen molar-refractivity contribution < 1.29 is 9.47 Å². The molecule has 0 bridgehead atoms. The van der Waals surface area contributed by atoms with Crippen LogP contribution in [-0.4, -0.2) is 98.3 Å². The Morgan fingerprint density at radius 2 is 1.74 bits per heavy atom. The number of hydrogen-bond acceptors (Lipinski definition) is 8. The number of aromatic nitrogens is 2. The molecule has 3 fully saturated rings. The molecular weight excluding hydrogens is 414 g/mol. The number of anilines is 3. The van der Waals surface area contributed by atoms with Gasteiger partial charge in [-0.05, 0) is 38.4 Å². The highest BCUT2D eigenvalue weighted by Crippen LogP contribution is 2.27. The van der Waals surface area contributed by atoms with Crippen LogP contribution in [0.25, 0.3) is 0 Å². The van der Waals surface area contributed by atoms with Crippen LogP contribution in [0.15, 0.2) is 6.07 Å². The number of ether oxygens (including phenoxy) is 2. The molecule has 0 amide bonds. The summed E-state index contributed by atoms with van der Waals surface area (Å²) in [6, 6.07) is 2.60. The zero-order valence-electron chi connectivity index (χ0n) is 18.5. The Balaban J connectivity index is 1.42. The van der Waals surface area contributed by atoms with Crippen LogP contribution >= 0.6 is 12.2 Å². The lowest BCUT2D eigenvalue weighted by molar-refractivity contribution is 0.0389. The van der Waals surface area contributed by atoms with Gasteiger partial charge in [-0.1, -0.05) is 0 Å². The van der Waals surface area contributed by atoms with Crippen LogP contribution in [0.2, 0.25) is 0 Å². The molecule has 31 heavy (non-hydrogen) atoms. The number of thiocarbonyl (C=S) groups is 1. The van der Waals surface area contributed by atoms with Crippen molar-refractivity contribution in [2.75, 3.05) is 87.4 Å². The quantitative estimate of drug-likeness (QED) is 0.621. The number of morpholine rings is 2.